The van der Waals surface area contributed by atoms with Gasteiger partial charge in [-0.25, -0.2) is 8.78 Å². The number of hydrogen-bond acceptors (Lipinski definition) is 1. The number of ether oxygens (including phenoxy) is 1. The Morgan fingerprint density at radius 2 is 1.44 bits per heavy atom. The summed E-state index contributed by atoms with van der Waals surface area (Å²) < 4.78 is 27.9. The average Bonchev–Trinajstić information content (AvgIpc) is 1.87. The molecule has 2 atom stereocenters. The molecule has 0 aliphatic rings. The van der Waals surface area contributed by atoms with E-state index < -0.39 is 12.7 Å². The molecule has 3 heteroatoms. The molecular formula is C6H8F2O. The van der Waals surface area contributed by atoms with Crippen molar-refractivity contribution in [1.82, 2.24) is 0 Å². The van der Waals surface area contributed by atoms with Crippen molar-refractivity contribution in [1.29, 1.82) is 0 Å². The van der Waals surface area contributed by atoms with Crippen LogP contribution in [-0.4, -0.2) is 12.7 Å². The quantitative estimate of drug-likeness (QED) is 0.534. The Morgan fingerprint density at radius 3 is 1.67 bits per heavy atom. The van der Waals surface area contributed by atoms with Gasteiger partial charge in [0.25, 0.3) is 0 Å². The van der Waals surface area contributed by atoms with E-state index in [1.54, 1.807) is 0 Å². The van der Waals surface area contributed by atoms with Crippen LogP contribution in [-0.2, 0) is 4.74 Å². The first-order chi connectivity index (χ1) is 4.20. The monoisotopic (exact) mass is 134 g/mol. The van der Waals surface area contributed by atoms with Crippen molar-refractivity contribution < 1.29 is 13.5 Å². The fraction of sp³-hybridized carbons (Fsp3) is 0.333. The lowest BCUT2D eigenvalue weighted by atomic mass is 10.6. The Balaban J connectivity index is 3.45. The van der Waals surface area contributed by atoms with E-state index in [-0.39, 0.29) is 0 Å². The topological polar surface area (TPSA) is 9.23 Å². The van der Waals surface area contributed by atoms with Gasteiger partial charge in [0.1, 0.15) is 0 Å². The molecule has 0 saturated carbocycles. The van der Waals surface area contributed by atoms with Gasteiger partial charge < -0.3 is 4.74 Å². The number of halogens is 2. The standard InChI is InChI=1S/C6H8F2O/c1-3-5(7)9-6(8)4-2/h3-6H,1-2H2. The van der Waals surface area contributed by atoms with Crippen molar-refractivity contribution in [2.45, 2.75) is 12.7 Å². The molecule has 2 unspecified atom stereocenters. The number of hydrogen-bond donors (Lipinski definition) is 0. The highest BCUT2D eigenvalue weighted by molar-refractivity contribution is 4.76. The van der Waals surface area contributed by atoms with Crippen LogP contribution in [0.15, 0.2) is 25.3 Å². The molecule has 52 valence electrons. The highest BCUT2D eigenvalue weighted by atomic mass is 19.2. The Labute approximate surface area is 52.6 Å². The molecule has 0 aliphatic carbocycles. The number of rotatable bonds is 4. The van der Waals surface area contributed by atoms with Crippen LogP contribution in [0.2, 0.25) is 0 Å². The Morgan fingerprint density at radius 1 is 1.11 bits per heavy atom. The minimum absolute atomic E-state index is 0.857. The Bertz CT molecular complexity index is 91.2. The van der Waals surface area contributed by atoms with Gasteiger partial charge >= 0.3 is 0 Å². The molecule has 0 bridgehead atoms. The van der Waals surface area contributed by atoms with E-state index >= 15 is 0 Å². The smallest absolute Gasteiger partial charge is 0.220 e. The third-order valence-corrected chi connectivity index (χ3v) is 0.631. The Hall–Kier alpha value is -0.700. The summed E-state index contributed by atoms with van der Waals surface area (Å²) in [6, 6.07) is 0. The third kappa shape index (κ3) is 3.85. The van der Waals surface area contributed by atoms with Crippen LogP contribution in [0.3, 0.4) is 0 Å². The first-order valence-corrected chi connectivity index (χ1v) is 2.39. The van der Waals surface area contributed by atoms with Crippen molar-refractivity contribution in [3.63, 3.8) is 0 Å². The van der Waals surface area contributed by atoms with Gasteiger partial charge in [0, 0.05) is 0 Å². The minimum atomic E-state index is -1.75. The van der Waals surface area contributed by atoms with E-state index in [1.165, 1.54) is 0 Å². The lowest BCUT2D eigenvalue weighted by Gasteiger charge is -2.04. The second-order valence-corrected chi connectivity index (χ2v) is 1.31. The molecule has 0 saturated heterocycles. The van der Waals surface area contributed by atoms with E-state index in [0.29, 0.717) is 0 Å². The largest absolute Gasteiger partial charge is 0.307 e. The molecule has 0 N–H and O–H groups in total. The summed E-state index contributed by atoms with van der Waals surface area (Å²) in [7, 11) is 0. The van der Waals surface area contributed by atoms with Gasteiger partial charge in [-0.05, 0) is 12.2 Å². The van der Waals surface area contributed by atoms with Gasteiger partial charge in [-0.2, -0.15) is 0 Å². The highest BCUT2D eigenvalue weighted by Crippen LogP contribution is 2.02. The summed E-state index contributed by atoms with van der Waals surface area (Å²) in [6.45, 7) is 6.09. The number of alkyl halides is 2. The second-order valence-electron chi connectivity index (χ2n) is 1.31. The molecule has 0 spiro atoms. The van der Waals surface area contributed by atoms with Crippen molar-refractivity contribution >= 4 is 0 Å². The molecule has 1 nitrogen and oxygen atoms in total. The van der Waals surface area contributed by atoms with E-state index in [9.17, 15) is 8.78 Å². The molecule has 9 heavy (non-hydrogen) atoms. The van der Waals surface area contributed by atoms with Crippen LogP contribution in [0.5, 0.6) is 0 Å². The Kier molecular flexibility index (Phi) is 3.88. The summed E-state index contributed by atoms with van der Waals surface area (Å²) in [5.74, 6) is 0. The summed E-state index contributed by atoms with van der Waals surface area (Å²) in [5, 5.41) is 0. The van der Waals surface area contributed by atoms with Crippen LogP contribution in [0, 0.1) is 0 Å². The van der Waals surface area contributed by atoms with E-state index in [2.05, 4.69) is 17.9 Å². The van der Waals surface area contributed by atoms with Crippen molar-refractivity contribution in [2.75, 3.05) is 0 Å². The highest BCUT2D eigenvalue weighted by Gasteiger charge is 2.06. The lowest BCUT2D eigenvalue weighted by molar-refractivity contribution is -0.0901. The molecule has 0 radical (unpaired) electrons. The molecule has 0 aromatic carbocycles. The summed E-state index contributed by atoms with van der Waals surface area (Å²) in [5.41, 5.74) is 0. The zero-order valence-corrected chi connectivity index (χ0v) is 4.89. The van der Waals surface area contributed by atoms with Crippen molar-refractivity contribution in [2.24, 2.45) is 0 Å². The molecule has 0 amide bonds. The molecular weight excluding hydrogens is 126 g/mol. The minimum Gasteiger partial charge on any atom is -0.307 e. The van der Waals surface area contributed by atoms with Gasteiger partial charge in [-0.15, -0.1) is 0 Å². The third-order valence-electron chi connectivity index (χ3n) is 0.631. The fourth-order valence-electron chi connectivity index (χ4n) is 0.235. The molecule has 0 aromatic rings. The van der Waals surface area contributed by atoms with Crippen LogP contribution in [0.4, 0.5) is 8.78 Å². The van der Waals surface area contributed by atoms with Gasteiger partial charge in [0.15, 0.2) is 0 Å². The maximum atomic E-state index is 11.9. The van der Waals surface area contributed by atoms with Crippen LogP contribution >= 0.6 is 0 Å². The summed E-state index contributed by atoms with van der Waals surface area (Å²) in [4.78, 5) is 0. The molecule has 0 aromatic heterocycles. The van der Waals surface area contributed by atoms with E-state index in [0.717, 1.165) is 12.2 Å². The predicted molar refractivity (Wildman–Crippen MR) is 31.3 cm³/mol. The zero-order chi connectivity index (χ0) is 7.28. The van der Waals surface area contributed by atoms with Crippen molar-refractivity contribution in [3.05, 3.63) is 25.3 Å². The first-order valence-electron chi connectivity index (χ1n) is 2.39. The van der Waals surface area contributed by atoms with Gasteiger partial charge in [0.05, 0.1) is 0 Å². The average molecular weight is 134 g/mol. The van der Waals surface area contributed by atoms with Gasteiger partial charge in [0.2, 0.25) is 12.7 Å². The second kappa shape index (κ2) is 4.21. The van der Waals surface area contributed by atoms with Gasteiger partial charge in [-0.3, -0.25) is 0 Å². The van der Waals surface area contributed by atoms with Crippen LogP contribution in [0.1, 0.15) is 0 Å². The molecule has 0 fully saturated rings. The van der Waals surface area contributed by atoms with Crippen LogP contribution < -0.4 is 0 Å². The summed E-state index contributed by atoms with van der Waals surface area (Å²) >= 11 is 0. The summed E-state index contributed by atoms with van der Waals surface area (Å²) in [6.07, 6.45) is -1.79. The molecule has 0 rings (SSSR count). The van der Waals surface area contributed by atoms with Crippen LogP contribution in [0.25, 0.3) is 0 Å². The van der Waals surface area contributed by atoms with E-state index in [1.807, 2.05) is 0 Å². The SMILES string of the molecule is C=CC(F)OC(F)C=C. The predicted octanol–water partition coefficient (Wildman–Crippen LogP) is 1.97. The lowest BCUT2D eigenvalue weighted by Crippen LogP contribution is -2.09. The van der Waals surface area contributed by atoms with Crippen molar-refractivity contribution in [3.8, 4) is 0 Å². The molecule has 0 heterocycles. The molecule has 0 aliphatic heterocycles. The maximum Gasteiger partial charge on any atom is 0.220 e. The van der Waals surface area contributed by atoms with Gasteiger partial charge in [-0.1, -0.05) is 13.2 Å². The zero-order valence-electron chi connectivity index (χ0n) is 4.89. The maximum absolute atomic E-state index is 11.9. The fourth-order valence-corrected chi connectivity index (χ4v) is 0.235. The van der Waals surface area contributed by atoms with E-state index in [4.69, 9.17) is 0 Å². The normalized spacial score (nSPS) is 16.2. The first kappa shape index (κ1) is 8.30.